The van der Waals surface area contributed by atoms with Crippen LogP contribution in [-0.4, -0.2) is 30.2 Å². The first-order chi connectivity index (χ1) is 10.9. The van der Waals surface area contributed by atoms with E-state index in [1.807, 2.05) is 31.1 Å². The number of nitrogens with zero attached hydrogens (tertiary/aromatic N) is 2. The zero-order valence-electron chi connectivity index (χ0n) is 12.8. The van der Waals surface area contributed by atoms with E-state index in [-0.39, 0.29) is 5.69 Å². The summed E-state index contributed by atoms with van der Waals surface area (Å²) in [6.07, 6.45) is 1.57. The maximum atomic E-state index is 11.0. The Labute approximate surface area is 144 Å². The highest BCUT2D eigenvalue weighted by molar-refractivity contribution is 6.42. The number of carboxylic acid groups (broad SMARTS) is 1. The van der Waals surface area contributed by atoms with Gasteiger partial charge in [-0.05, 0) is 17.7 Å². The van der Waals surface area contributed by atoms with Gasteiger partial charge in [0.05, 0.1) is 10.0 Å². The normalized spacial score (nSPS) is 10.6. The minimum Gasteiger partial charge on any atom is -0.477 e. The first-order valence-electron chi connectivity index (χ1n) is 6.93. The van der Waals surface area contributed by atoms with Crippen molar-refractivity contribution in [2.75, 3.05) is 19.0 Å². The maximum absolute atomic E-state index is 11.0. The fourth-order valence-electron chi connectivity index (χ4n) is 2.16. The van der Waals surface area contributed by atoms with Gasteiger partial charge in [0.15, 0.2) is 0 Å². The van der Waals surface area contributed by atoms with E-state index in [4.69, 9.17) is 28.3 Å². The molecule has 0 amide bonds. The lowest BCUT2D eigenvalue weighted by Gasteiger charge is -2.18. The van der Waals surface area contributed by atoms with E-state index in [2.05, 4.69) is 10.3 Å². The molecule has 0 atom stereocenters. The van der Waals surface area contributed by atoms with E-state index in [0.717, 1.165) is 16.8 Å². The van der Waals surface area contributed by atoms with Crippen molar-refractivity contribution in [2.45, 2.75) is 13.1 Å². The third kappa shape index (κ3) is 4.34. The van der Waals surface area contributed by atoms with Crippen LogP contribution in [0.1, 0.15) is 21.6 Å². The zero-order valence-corrected chi connectivity index (χ0v) is 14.3. The summed E-state index contributed by atoms with van der Waals surface area (Å²) in [5, 5.41) is 13.4. The summed E-state index contributed by atoms with van der Waals surface area (Å²) in [4.78, 5) is 16.9. The second-order valence-corrected chi connectivity index (χ2v) is 6.00. The molecule has 1 heterocycles. The van der Waals surface area contributed by atoms with Crippen LogP contribution in [-0.2, 0) is 13.1 Å². The maximum Gasteiger partial charge on any atom is 0.354 e. The predicted molar refractivity (Wildman–Crippen MR) is 92.5 cm³/mol. The molecule has 0 fully saturated rings. The molecule has 1 aromatic carbocycles. The number of halogens is 2. The fraction of sp³-hybridized carbons (Fsp3) is 0.250. The van der Waals surface area contributed by atoms with Crippen LogP contribution in [0.15, 0.2) is 30.5 Å². The summed E-state index contributed by atoms with van der Waals surface area (Å²) < 4.78 is 0. The highest BCUT2D eigenvalue weighted by Crippen LogP contribution is 2.25. The van der Waals surface area contributed by atoms with Crippen molar-refractivity contribution in [1.29, 1.82) is 0 Å². The van der Waals surface area contributed by atoms with E-state index < -0.39 is 5.97 Å². The molecule has 0 spiro atoms. The molecular formula is C16H17Cl2N3O2. The Morgan fingerprint density at radius 1 is 1.26 bits per heavy atom. The summed E-state index contributed by atoms with van der Waals surface area (Å²) in [6.45, 7) is 1.08. The average Bonchev–Trinajstić information content (AvgIpc) is 2.51. The molecule has 0 radical (unpaired) electrons. The smallest absolute Gasteiger partial charge is 0.354 e. The first-order valence-corrected chi connectivity index (χ1v) is 7.69. The zero-order chi connectivity index (χ0) is 17.0. The van der Waals surface area contributed by atoms with Gasteiger partial charge in [-0.25, -0.2) is 9.78 Å². The largest absolute Gasteiger partial charge is 0.477 e. The summed E-state index contributed by atoms with van der Waals surface area (Å²) in [5.74, 6) is -1.04. The van der Waals surface area contributed by atoms with Gasteiger partial charge >= 0.3 is 5.97 Å². The molecule has 0 bridgehead atoms. The monoisotopic (exact) mass is 353 g/mol. The average molecular weight is 354 g/mol. The molecular weight excluding hydrogens is 337 g/mol. The van der Waals surface area contributed by atoms with Crippen LogP contribution in [0.3, 0.4) is 0 Å². The number of pyridine rings is 1. The molecule has 0 unspecified atom stereocenters. The number of aromatic nitrogens is 1. The lowest BCUT2D eigenvalue weighted by molar-refractivity contribution is 0.0690. The molecule has 23 heavy (non-hydrogen) atoms. The van der Waals surface area contributed by atoms with E-state index in [9.17, 15) is 4.79 Å². The van der Waals surface area contributed by atoms with Gasteiger partial charge in [-0.15, -0.1) is 0 Å². The van der Waals surface area contributed by atoms with E-state index in [1.54, 1.807) is 18.3 Å². The van der Waals surface area contributed by atoms with Gasteiger partial charge in [-0.2, -0.15) is 0 Å². The number of rotatable bonds is 6. The Morgan fingerprint density at radius 2 is 1.96 bits per heavy atom. The summed E-state index contributed by atoms with van der Waals surface area (Å²) in [6, 6.07) is 7.05. The number of anilines is 1. The molecule has 0 aliphatic rings. The lowest BCUT2D eigenvalue weighted by atomic mass is 10.1. The van der Waals surface area contributed by atoms with Gasteiger partial charge in [0.25, 0.3) is 0 Å². The van der Waals surface area contributed by atoms with Crippen molar-refractivity contribution in [2.24, 2.45) is 0 Å². The molecule has 0 aliphatic heterocycles. The Balaban J connectivity index is 2.11. The van der Waals surface area contributed by atoms with Gasteiger partial charge in [0.1, 0.15) is 5.69 Å². The summed E-state index contributed by atoms with van der Waals surface area (Å²) >= 11 is 12.1. The van der Waals surface area contributed by atoms with Crippen LogP contribution in [0, 0.1) is 0 Å². The molecule has 2 aromatic rings. The lowest BCUT2D eigenvalue weighted by Crippen LogP contribution is -2.19. The molecule has 0 saturated carbocycles. The third-order valence-corrected chi connectivity index (χ3v) is 4.18. The minimum atomic E-state index is -1.04. The molecule has 7 heteroatoms. The Kier molecular flexibility index (Phi) is 5.82. The van der Waals surface area contributed by atoms with Crippen molar-refractivity contribution in [3.8, 4) is 0 Å². The van der Waals surface area contributed by atoms with Crippen LogP contribution in [0.4, 0.5) is 5.69 Å². The number of aromatic carboxylic acids is 1. The Hall–Kier alpha value is -1.82. The molecule has 2 rings (SSSR count). The minimum absolute atomic E-state index is 0.0235. The van der Waals surface area contributed by atoms with Crippen molar-refractivity contribution in [1.82, 2.24) is 10.3 Å². The van der Waals surface area contributed by atoms with E-state index in [0.29, 0.717) is 23.1 Å². The number of hydrogen-bond donors (Lipinski definition) is 2. The third-order valence-electron chi connectivity index (χ3n) is 3.33. The SMILES string of the molecule is CN(C)c1cc(C(=O)O)ncc1CNCc1cccc(Cl)c1Cl. The molecule has 2 N–H and O–H groups in total. The highest BCUT2D eigenvalue weighted by Gasteiger charge is 2.12. The predicted octanol–water partition coefficient (Wildman–Crippen LogP) is 3.44. The number of benzene rings is 1. The summed E-state index contributed by atoms with van der Waals surface area (Å²) in [7, 11) is 3.72. The van der Waals surface area contributed by atoms with Gasteiger partial charge in [0, 0.05) is 44.6 Å². The molecule has 1 aromatic heterocycles. The van der Waals surface area contributed by atoms with Crippen LogP contribution in [0.5, 0.6) is 0 Å². The number of carboxylic acids is 1. The van der Waals surface area contributed by atoms with Gasteiger partial charge < -0.3 is 15.3 Å². The van der Waals surface area contributed by atoms with Crippen molar-refractivity contribution >= 4 is 34.9 Å². The number of hydrogen-bond acceptors (Lipinski definition) is 4. The summed E-state index contributed by atoms with van der Waals surface area (Å²) in [5.41, 5.74) is 2.64. The number of nitrogens with one attached hydrogen (secondary N) is 1. The first kappa shape index (κ1) is 17.5. The van der Waals surface area contributed by atoms with E-state index in [1.165, 1.54) is 0 Å². The topological polar surface area (TPSA) is 65.5 Å². The molecule has 122 valence electrons. The van der Waals surface area contributed by atoms with Gasteiger partial charge in [0.2, 0.25) is 0 Å². The second kappa shape index (κ2) is 7.64. The highest BCUT2D eigenvalue weighted by atomic mass is 35.5. The van der Waals surface area contributed by atoms with Gasteiger partial charge in [-0.1, -0.05) is 35.3 Å². The second-order valence-electron chi connectivity index (χ2n) is 5.21. The number of carbonyl (C=O) groups is 1. The van der Waals surface area contributed by atoms with Crippen molar-refractivity contribution in [3.05, 3.63) is 57.3 Å². The van der Waals surface area contributed by atoms with Crippen molar-refractivity contribution < 1.29 is 9.90 Å². The molecule has 0 saturated heterocycles. The van der Waals surface area contributed by atoms with Crippen LogP contribution >= 0.6 is 23.2 Å². The Morgan fingerprint density at radius 3 is 2.61 bits per heavy atom. The van der Waals surface area contributed by atoms with E-state index >= 15 is 0 Å². The molecule has 5 nitrogen and oxygen atoms in total. The quantitative estimate of drug-likeness (QED) is 0.832. The van der Waals surface area contributed by atoms with Gasteiger partial charge in [-0.3, -0.25) is 0 Å². The van der Waals surface area contributed by atoms with Crippen LogP contribution < -0.4 is 10.2 Å². The van der Waals surface area contributed by atoms with Crippen LogP contribution in [0.2, 0.25) is 10.0 Å². The fourth-order valence-corrected chi connectivity index (χ4v) is 2.55. The standard InChI is InChI=1S/C16H17Cl2N3O2/c1-21(2)14-6-13(16(22)23)20-9-11(14)8-19-7-10-4-3-5-12(17)15(10)18/h3-6,9,19H,7-8H2,1-2H3,(H,22,23). The molecule has 0 aliphatic carbocycles. The van der Waals surface area contributed by atoms with Crippen LogP contribution in [0.25, 0.3) is 0 Å². The van der Waals surface area contributed by atoms with Crippen molar-refractivity contribution in [3.63, 3.8) is 0 Å². The Bertz CT molecular complexity index is 720.